The fourth-order valence-electron chi connectivity index (χ4n) is 3.81. The molecule has 0 aliphatic carbocycles. The molecular weight excluding hydrogens is 362 g/mol. The van der Waals surface area contributed by atoms with Crippen molar-refractivity contribution < 1.29 is 4.74 Å². The number of rotatable bonds is 5. The highest BCUT2D eigenvalue weighted by molar-refractivity contribution is 5.80. The number of aromatic amines is 1. The Morgan fingerprint density at radius 2 is 2.00 bits per heavy atom. The highest BCUT2D eigenvalue weighted by Crippen LogP contribution is 2.39. The quantitative estimate of drug-likeness (QED) is 0.455. The zero-order chi connectivity index (χ0) is 20.3. The molecular formula is C23H29N5O. The number of H-pyrrole nitrogens is 1. The minimum atomic E-state index is -0.225. The number of fused-ring (bicyclic) bond motifs is 2. The third-order valence-electron chi connectivity index (χ3n) is 5.09. The van der Waals surface area contributed by atoms with E-state index in [2.05, 4.69) is 53.5 Å². The Morgan fingerprint density at radius 3 is 2.83 bits per heavy atom. The number of hydrogen-bond acceptors (Lipinski definition) is 3. The van der Waals surface area contributed by atoms with Crippen LogP contribution in [0.3, 0.4) is 0 Å². The standard InChI is InChI=1S/C23H29N5O/c1-4-24-22(25-14-13-21-26-17-10-6-7-11-18(17)27-21)28-19-15-23(2,3)29-20-12-8-5-9-16(19)20/h5-12,19H,4,13-15H2,1-3H3,(H,26,27)(H2,24,25,28). The van der Waals surface area contributed by atoms with Crippen LogP contribution in [0.5, 0.6) is 5.75 Å². The summed E-state index contributed by atoms with van der Waals surface area (Å²) in [4.78, 5) is 12.8. The van der Waals surface area contributed by atoms with Crippen molar-refractivity contribution in [2.24, 2.45) is 4.99 Å². The van der Waals surface area contributed by atoms with E-state index in [1.807, 2.05) is 36.4 Å². The smallest absolute Gasteiger partial charge is 0.191 e. The van der Waals surface area contributed by atoms with Crippen molar-refractivity contribution in [2.45, 2.75) is 45.3 Å². The maximum absolute atomic E-state index is 6.15. The van der Waals surface area contributed by atoms with E-state index in [0.29, 0.717) is 6.54 Å². The molecule has 0 amide bonds. The van der Waals surface area contributed by atoms with Crippen LogP contribution >= 0.6 is 0 Å². The number of nitrogens with zero attached hydrogens (tertiary/aromatic N) is 2. The second-order valence-corrected chi connectivity index (χ2v) is 8.01. The van der Waals surface area contributed by atoms with Crippen LogP contribution in [0.15, 0.2) is 53.5 Å². The van der Waals surface area contributed by atoms with E-state index < -0.39 is 0 Å². The van der Waals surface area contributed by atoms with E-state index in [4.69, 9.17) is 9.73 Å². The van der Waals surface area contributed by atoms with Crippen LogP contribution in [-0.2, 0) is 6.42 Å². The molecule has 1 aliphatic rings. The molecule has 1 aromatic heterocycles. The predicted octanol–water partition coefficient (Wildman–Crippen LogP) is 3.96. The van der Waals surface area contributed by atoms with Crippen molar-refractivity contribution in [3.8, 4) is 5.75 Å². The van der Waals surface area contributed by atoms with Gasteiger partial charge in [0.25, 0.3) is 0 Å². The van der Waals surface area contributed by atoms with Gasteiger partial charge in [-0.1, -0.05) is 30.3 Å². The summed E-state index contributed by atoms with van der Waals surface area (Å²) in [6, 6.07) is 16.5. The Bertz CT molecular complexity index is 974. The topological polar surface area (TPSA) is 74.3 Å². The summed E-state index contributed by atoms with van der Waals surface area (Å²) < 4.78 is 6.15. The van der Waals surface area contributed by atoms with Gasteiger partial charge in [0.15, 0.2) is 5.96 Å². The highest BCUT2D eigenvalue weighted by Gasteiger charge is 2.33. The zero-order valence-electron chi connectivity index (χ0n) is 17.3. The van der Waals surface area contributed by atoms with E-state index in [-0.39, 0.29) is 11.6 Å². The van der Waals surface area contributed by atoms with Crippen molar-refractivity contribution in [1.29, 1.82) is 0 Å². The molecule has 4 rings (SSSR count). The first-order valence-corrected chi connectivity index (χ1v) is 10.3. The van der Waals surface area contributed by atoms with Crippen LogP contribution in [0, 0.1) is 0 Å². The molecule has 0 radical (unpaired) electrons. The molecule has 29 heavy (non-hydrogen) atoms. The maximum atomic E-state index is 6.15. The second-order valence-electron chi connectivity index (χ2n) is 8.01. The molecule has 0 saturated heterocycles. The third-order valence-corrected chi connectivity index (χ3v) is 5.09. The van der Waals surface area contributed by atoms with Gasteiger partial charge in [0, 0.05) is 31.5 Å². The highest BCUT2D eigenvalue weighted by atomic mass is 16.5. The van der Waals surface area contributed by atoms with Gasteiger partial charge in [-0.15, -0.1) is 0 Å². The molecule has 2 aromatic carbocycles. The SMILES string of the molecule is CCNC(=NCCc1nc2ccccc2[nH]1)NC1CC(C)(C)Oc2ccccc21. The van der Waals surface area contributed by atoms with Crippen LogP contribution in [0.2, 0.25) is 0 Å². The van der Waals surface area contributed by atoms with Crippen molar-refractivity contribution in [1.82, 2.24) is 20.6 Å². The molecule has 3 aromatic rings. The van der Waals surface area contributed by atoms with E-state index >= 15 is 0 Å². The monoisotopic (exact) mass is 391 g/mol. The third kappa shape index (κ3) is 4.53. The summed E-state index contributed by atoms with van der Waals surface area (Å²) in [7, 11) is 0. The Balaban J connectivity index is 1.47. The molecule has 3 N–H and O–H groups in total. The van der Waals surface area contributed by atoms with Gasteiger partial charge < -0.3 is 20.4 Å². The van der Waals surface area contributed by atoms with E-state index in [9.17, 15) is 0 Å². The predicted molar refractivity (Wildman–Crippen MR) is 117 cm³/mol. The molecule has 0 saturated carbocycles. The molecule has 2 heterocycles. The number of imidazole rings is 1. The number of aromatic nitrogens is 2. The van der Waals surface area contributed by atoms with Gasteiger partial charge in [-0.25, -0.2) is 4.98 Å². The molecule has 152 valence electrons. The lowest BCUT2D eigenvalue weighted by Crippen LogP contribution is -2.45. The van der Waals surface area contributed by atoms with Crippen LogP contribution in [-0.4, -0.2) is 34.6 Å². The molecule has 6 heteroatoms. The van der Waals surface area contributed by atoms with E-state index in [1.54, 1.807) is 0 Å². The molecule has 1 unspecified atom stereocenters. The lowest BCUT2D eigenvalue weighted by atomic mass is 9.90. The van der Waals surface area contributed by atoms with Gasteiger partial charge in [-0.05, 0) is 39.0 Å². The second kappa shape index (κ2) is 8.15. The summed E-state index contributed by atoms with van der Waals surface area (Å²) in [5.74, 6) is 2.73. The fraction of sp³-hybridized carbons (Fsp3) is 0.391. The summed E-state index contributed by atoms with van der Waals surface area (Å²) in [6.45, 7) is 7.80. The number of guanidine groups is 1. The summed E-state index contributed by atoms with van der Waals surface area (Å²) >= 11 is 0. The number of hydrogen-bond donors (Lipinski definition) is 3. The first kappa shape index (κ1) is 19.3. The average molecular weight is 392 g/mol. The summed E-state index contributed by atoms with van der Waals surface area (Å²) in [5, 5.41) is 6.98. The van der Waals surface area contributed by atoms with Gasteiger partial charge in [0.2, 0.25) is 0 Å². The Morgan fingerprint density at radius 1 is 1.21 bits per heavy atom. The number of ether oxygens (including phenoxy) is 1. The van der Waals surface area contributed by atoms with Crippen molar-refractivity contribution >= 4 is 17.0 Å². The lowest BCUT2D eigenvalue weighted by Gasteiger charge is -2.38. The van der Waals surface area contributed by atoms with Crippen molar-refractivity contribution in [3.63, 3.8) is 0 Å². The number of nitrogens with one attached hydrogen (secondary N) is 3. The van der Waals surface area contributed by atoms with Crippen LogP contribution < -0.4 is 15.4 Å². The molecule has 0 bridgehead atoms. The maximum Gasteiger partial charge on any atom is 0.191 e. The largest absolute Gasteiger partial charge is 0.487 e. The summed E-state index contributed by atoms with van der Waals surface area (Å²) in [6.07, 6.45) is 1.64. The number of aliphatic imine (C=N–C) groups is 1. The number of benzene rings is 2. The van der Waals surface area contributed by atoms with Gasteiger partial charge >= 0.3 is 0 Å². The normalized spacial score (nSPS) is 18.2. The van der Waals surface area contributed by atoms with E-state index in [1.165, 1.54) is 5.56 Å². The van der Waals surface area contributed by atoms with Gasteiger partial charge in [-0.3, -0.25) is 4.99 Å². The minimum absolute atomic E-state index is 0.152. The molecule has 1 aliphatic heterocycles. The van der Waals surface area contributed by atoms with Crippen LogP contribution in [0.25, 0.3) is 11.0 Å². The molecule has 0 spiro atoms. The van der Waals surface area contributed by atoms with Gasteiger partial charge in [0.05, 0.1) is 17.1 Å². The summed E-state index contributed by atoms with van der Waals surface area (Å²) in [5.41, 5.74) is 3.02. The van der Waals surface area contributed by atoms with Crippen molar-refractivity contribution in [2.75, 3.05) is 13.1 Å². The van der Waals surface area contributed by atoms with Gasteiger partial charge in [0.1, 0.15) is 17.2 Å². The van der Waals surface area contributed by atoms with Crippen LogP contribution in [0.1, 0.15) is 44.6 Å². The van der Waals surface area contributed by atoms with Crippen LogP contribution in [0.4, 0.5) is 0 Å². The lowest BCUT2D eigenvalue weighted by molar-refractivity contribution is 0.0694. The number of para-hydroxylation sites is 3. The Labute approximate surface area is 171 Å². The fourth-order valence-corrected chi connectivity index (χ4v) is 3.81. The Kier molecular flexibility index (Phi) is 5.43. The first-order chi connectivity index (χ1) is 14.0. The first-order valence-electron chi connectivity index (χ1n) is 10.3. The molecule has 1 atom stereocenters. The van der Waals surface area contributed by atoms with Crippen molar-refractivity contribution in [3.05, 3.63) is 59.9 Å². The molecule has 6 nitrogen and oxygen atoms in total. The zero-order valence-corrected chi connectivity index (χ0v) is 17.3. The average Bonchev–Trinajstić information content (AvgIpc) is 3.10. The minimum Gasteiger partial charge on any atom is -0.487 e. The van der Waals surface area contributed by atoms with Gasteiger partial charge in [-0.2, -0.15) is 0 Å². The molecule has 0 fully saturated rings. The Hall–Kier alpha value is -3.02. The van der Waals surface area contributed by atoms with E-state index in [0.717, 1.165) is 48.0 Å².